The summed E-state index contributed by atoms with van der Waals surface area (Å²) < 4.78 is 5.47. The van der Waals surface area contributed by atoms with Crippen LogP contribution in [0.15, 0.2) is 78.0 Å². The van der Waals surface area contributed by atoms with Crippen LogP contribution in [0.2, 0.25) is 0 Å². The Morgan fingerprint density at radius 2 is 1.81 bits per heavy atom. The normalized spacial score (nSPS) is 10.6. The van der Waals surface area contributed by atoms with E-state index in [0.29, 0.717) is 28.3 Å². The predicted molar refractivity (Wildman–Crippen MR) is 104 cm³/mol. The number of esters is 1. The van der Waals surface area contributed by atoms with Crippen LogP contribution in [0.1, 0.15) is 22.8 Å². The minimum atomic E-state index is -0.483. The Labute approximate surface area is 156 Å². The number of aromatic nitrogens is 1. The maximum absolute atomic E-state index is 12.2. The fourth-order valence-corrected chi connectivity index (χ4v) is 2.30. The molecule has 0 saturated heterocycles. The van der Waals surface area contributed by atoms with Crippen molar-refractivity contribution >= 4 is 29.5 Å². The average molecular weight is 359 g/mol. The molecular weight excluding hydrogens is 342 g/mol. The van der Waals surface area contributed by atoms with Crippen LogP contribution in [0, 0.1) is 0 Å². The van der Waals surface area contributed by atoms with Crippen LogP contribution in [0.3, 0.4) is 0 Å². The van der Waals surface area contributed by atoms with Gasteiger partial charge in [-0.25, -0.2) is 4.79 Å². The van der Waals surface area contributed by atoms with E-state index in [1.165, 1.54) is 13.1 Å². The SMILES string of the molecule is CC(=O)Nc1ccc(N=Cc2ccccc2OC(=O)c2cccnc2)cc1. The van der Waals surface area contributed by atoms with Gasteiger partial charge in [-0.05, 0) is 48.5 Å². The first kappa shape index (κ1) is 18.0. The summed E-state index contributed by atoms with van der Waals surface area (Å²) in [6.07, 6.45) is 4.67. The number of aliphatic imine (C=N–C) groups is 1. The van der Waals surface area contributed by atoms with E-state index in [-0.39, 0.29) is 5.91 Å². The van der Waals surface area contributed by atoms with Gasteiger partial charge in [0.05, 0.1) is 11.3 Å². The van der Waals surface area contributed by atoms with E-state index < -0.39 is 5.97 Å². The van der Waals surface area contributed by atoms with Crippen molar-refractivity contribution in [2.75, 3.05) is 5.32 Å². The minimum absolute atomic E-state index is 0.129. The van der Waals surface area contributed by atoms with E-state index in [0.717, 1.165) is 0 Å². The lowest BCUT2D eigenvalue weighted by Gasteiger charge is -2.07. The molecule has 1 N–H and O–H groups in total. The van der Waals surface area contributed by atoms with Gasteiger partial charge in [0.2, 0.25) is 5.91 Å². The first-order chi connectivity index (χ1) is 13.1. The van der Waals surface area contributed by atoms with Crippen molar-refractivity contribution in [1.82, 2.24) is 4.98 Å². The second-order valence-electron chi connectivity index (χ2n) is 5.66. The van der Waals surface area contributed by atoms with Gasteiger partial charge in [-0.1, -0.05) is 12.1 Å². The van der Waals surface area contributed by atoms with Crippen LogP contribution in [0.5, 0.6) is 5.75 Å². The fourth-order valence-electron chi connectivity index (χ4n) is 2.30. The molecule has 0 aliphatic heterocycles. The largest absolute Gasteiger partial charge is 0.422 e. The quantitative estimate of drug-likeness (QED) is 0.424. The molecule has 0 aliphatic rings. The van der Waals surface area contributed by atoms with Gasteiger partial charge in [-0.15, -0.1) is 0 Å². The van der Waals surface area contributed by atoms with E-state index in [4.69, 9.17) is 4.74 Å². The van der Waals surface area contributed by atoms with Gasteiger partial charge in [-0.3, -0.25) is 14.8 Å². The second kappa shape index (κ2) is 8.53. The molecule has 6 nitrogen and oxygen atoms in total. The summed E-state index contributed by atoms with van der Waals surface area (Å²) in [5, 5.41) is 2.70. The number of anilines is 1. The van der Waals surface area contributed by atoms with Gasteiger partial charge in [-0.2, -0.15) is 0 Å². The summed E-state index contributed by atoms with van der Waals surface area (Å²) >= 11 is 0. The topological polar surface area (TPSA) is 80.6 Å². The van der Waals surface area contributed by atoms with Crippen LogP contribution in [-0.2, 0) is 4.79 Å². The third-order valence-corrected chi connectivity index (χ3v) is 3.56. The lowest BCUT2D eigenvalue weighted by molar-refractivity contribution is -0.114. The monoisotopic (exact) mass is 359 g/mol. The van der Waals surface area contributed by atoms with Crippen LogP contribution >= 0.6 is 0 Å². The highest BCUT2D eigenvalue weighted by atomic mass is 16.5. The molecule has 0 unspecified atom stereocenters. The number of nitrogens with one attached hydrogen (secondary N) is 1. The van der Waals surface area contributed by atoms with Gasteiger partial charge >= 0.3 is 5.97 Å². The Kier molecular flexibility index (Phi) is 5.69. The molecule has 0 atom stereocenters. The number of benzene rings is 2. The molecule has 0 spiro atoms. The summed E-state index contributed by atoms with van der Waals surface area (Å²) in [5.41, 5.74) is 2.45. The third-order valence-electron chi connectivity index (χ3n) is 3.56. The number of carbonyl (C=O) groups excluding carboxylic acids is 2. The second-order valence-corrected chi connectivity index (χ2v) is 5.66. The number of ether oxygens (including phenoxy) is 1. The van der Waals surface area contributed by atoms with Crippen molar-refractivity contribution in [1.29, 1.82) is 0 Å². The molecule has 0 radical (unpaired) electrons. The van der Waals surface area contributed by atoms with Crippen molar-refractivity contribution < 1.29 is 14.3 Å². The Bertz CT molecular complexity index is 967. The molecular formula is C21H17N3O3. The molecule has 6 heteroatoms. The maximum atomic E-state index is 12.2. The van der Waals surface area contributed by atoms with Crippen LogP contribution in [-0.4, -0.2) is 23.1 Å². The summed E-state index contributed by atoms with van der Waals surface area (Å²) in [7, 11) is 0. The molecule has 1 amide bonds. The summed E-state index contributed by atoms with van der Waals surface area (Å²) in [6.45, 7) is 1.45. The van der Waals surface area contributed by atoms with Crippen molar-refractivity contribution in [3.05, 3.63) is 84.2 Å². The molecule has 0 saturated carbocycles. The zero-order valence-corrected chi connectivity index (χ0v) is 14.6. The number of rotatable bonds is 5. The molecule has 134 valence electrons. The molecule has 27 heavy (non-hydrogen) atoms. The number of hydrogen-bond acceptors (Lipinski definition) is 5. The standard InChI is InChI=1S/C21H17N3O3/c1-15(25)24-19-10-8-18(9-11-19)23-14-16-5-2-3-7-20(16)27-21(26)17-6-4-12-22-13-17/h2-14H,1H3,(H,24,25). The molecule has 3 aromatic rings. The Balaban J connectivity index is 1.75. The predicted octanol–water partition coefficient (Wildman–Crippen LogP) is 4.01. The third kappa shape index (κ3) is 5.09. The first-order valence-corrected chi connectivity index (χ1v) is 8.25. The molecule has 3 rings (SSSR count). The molecule has 1 heterocycles. The van der Waals surface area contributed by atoms with E-state index in [1.54, 1.807) is 67.0 Å². The average Bonchev–Trinajstić information content (AvgIpc) is 2.68. The number of carbonyl (C=O) groups is 2. The van der Waals surface area contributed by atoms with Gasteiger partial charge in [0.1, 0.15) is 5.75 Å². The van der Waals surface area contributed by atoms with Gasteiger partial charge in [0.25, 0.3) is 0 Å². The van der Waals surface area contributed by atoms with E-state index in [1.807, 2.05) is 6.07 Å². The van der Waals surface area contributed by atoms with E-state index >= 15 is 0 Å². The Hall–Kier alpha value is -3.80. The smallest absolute Gasteiger partial charge is 0.345 e. The summed E-state index contributed by atoms with van der Waals surface area (Å²) in [5.74, 6) is -0.204. The zero-order chi connectivity index (χ0) is 19.1. The lowest BCUT2D eigenvalue weighted by Crippen LogP contribution is -2.09. The summed E-state index contributed by atoms with van der Waals surface area (Å²) in [6, 6.07) is 17.5. The van der Waals surface area contributed by atoms with E-state index in [9.17, 15) is 9.59 Å². The van der Waals surface area contributed by atoms with Crippen LogP contribution in [0.4, 0.5) is 11.4 Å². The Morgan fingerprint density at radius 1 is 1.04 bits per heavy atom. The van der Waals surface area contributed by atoms with E-state index in [2.05, 4.69) is 15.3 Å². The zero-order valence-electron chi connectivity index (χ0n) is 14.6. The van der Waals surface area contributed by atoms with Crippen LogP contribution in [0.25, 0.3) is 0 Å². The highest BCUT2D eigenvalue weighted by molar-refractivity contribution is 5.93. The fraction of sp³-hybridized carbons (Fsp3) is 0.0476. The van der Waals surface area contributed by atoms with Gasteiger partial charge in [0, 0.05) is 36.8 Å². The Morgan fingerprint density at radius 3 is 2.52 bits per heavy atom. The van der Waals surface area contributed by atoms with Gasteiger partial charge < -0.3 is 10.1 Å². The molecule has 1 aromatic heterocycles. The van der Waals surface area contributed by atoms with Gasteiger partial charge in [0.15, 0.2) is 0 Å². The number of hydrogen-bond donors (Lipinski definition) is 1. The molecule has 0 bridgehead atoms. The maximum Gasteiger partial charge on any atom is 0.345 e. The number of para-hydroxylation sites is 1. The molecule has 0 aliphatic carbocycles. The number of pyridine rings is 1. The highest BCUT2D eigenvalue weighted by Crippen LogP contribution is 2.20. The molecule has 2 aromatic carbocycles. The number of amides is 1. The van der Waals surface area contributed by atoms with Crippen molar-refractivity contribution in [3.8, 4) is 5.75 Å². The van der Waals surface area contributed by atoms with Crippen molar-refractivity contribution in [3.63, 3.8) is 0 Å². The van der Waals surface area contributed by atoms with Crippen molar-refractivity contribution in [2.24, 2.45) is 4.99 Å². The minimum Gasteiger partial charge on any atom is -0.422 e. The van der Waals surface area contributed by atoms with Crippen LogP contribution < -0.4 is 10.1 Å². The highest BCUT2D eigenvalue weighted by Gasteiger charge is 2.10. The number of nitrogens with zero attached hydrogens (tertiary/aromatic N) is 2. The van der Waals surface area contributed by atoms with Crippen molar-refractivity contribution in [2.45, 2.75) is 6.92 Å². The summed E-state index contributed by atoms with van der Waals surface area (Å²) in [4.78, 5) is 31.6. The molecule has 0 fully saturated rings. The lowest BCUT2D eigenvalue weighted by atomic mass is 10.2. The first-order valence-electron chi connectivity index (χ1n) is 8.25.